The fourth-order valence-electron chi connectivity index (χ4n) is 6.19. The molecule has 0 spiro atoms. The second kappa shape index (κ2) is 32.6. The summed E-state index contributed by atoms with van der Waals surface area (Å²) in [6.45, 7) is 4.09. The fraction of sp³-hybridized carbons (Fsp3) is 0.829. The number of allylic oxidation sites excluding steroid dienone is 6. The third-order valence-electron chi connectivity index (χ3n) is 9.53. The number of rotatable bonds is 34. The first kappa shape index (κ1) is 50.6. The summed E-state index contributed by atoms with van der Waals surface area (Å²) >= 11 is 0. The van der Waals surface area contributed by atoms with Crippen LogP contribution in [0.5, 0.6) is 0 Å². The van der Waals surface area contributed by atoms with E-state index in [0.29, 0.717) is 13.0 Å². The summed E-state index contributed by atoms with van der Waals surface area (Å²) in [5, 5.41) is 50.0. The highest BCUT2D eigenvalue weighted by Gasteiger charge is 2.51. The highest BCUT2D eigenvalue weighted by molar-refractivity contribution is 7.47. The highest BCUT2D eigenvalue weighted by atomic mass is 31.2. The van der Waals surface area contributed by atoms with Crippen LogP contribution >= 0.6 is 7.82 Å². The van der Waals surface area contributed by atoms with E-state index in [-0.39, 0.29) is 13.0 Å². The molecule has 13 heteroatoms. The van der Waals surface area contributed by atoms with Crippen LogP contribution in [0.15, 0.2) is 36.5 Å². The summed E-state index contributed by atoms with van der Waals surface area (Å²) in [5.74, 6) is -0.485. The maximum Gasteiger partial charge on any atom is 0.472 e. The van der Waals surface area contributed by atoms with E-state index in [9.17, 15) is 39.8 Å². The molecule has 0 aromatic rings. The number of aliphatic hydroxyl groups excluding tert-OH is 5. The highest BCUT2D eigenvalue weighted by Crippen LogP contribution is 2.47. The topological polar surface area (TPSA) is 192 Å². The fourth-order valence-corrected chi connectivity index (χ4v) is 7.16. The maximum atomic E-state index is 12.8. The zero-order valence-electron chi connectivity index (χ0n) is 33.3. The molecule has 0 bridgehead atoms. The van der Waals surface area contributed by atoms with Gasteiger partial charge in [-0.05, 0) is 44.9 Å². The van der Waals surface area contributed by atoms with Crippen LogP contribution in [0.1, 0.15) is 155 Å². The Labute approximate surface area is 325 Å². The molecule has 54 heavy (non-hydrogen) atoms. The third-order valence-corrected chi connectivity index (χ3v) is 10.5. The first-order valence-corrected chi connectivity index (χ1v) is 22.3. The molecule has 1 fully saturated rings. The number of ether oxygens (including phenoxy) is 2. The average Bonchev–Trinajstić information content (AvgIpc) is 3.15. The zero-order chi connectivity index (χ0) is 39.9. The largest absolute Gasteiger partial charge is 0.472 e. The van der Waals surface area contributed by atoms with Gasteiger partial charge in [0.15, 0.2) is 0 Å². The van der Waals surface area contributed by atoms with Crippen molar-refractivity contribution >= 4 is 13.8 Å². The second-order valence-corrected chi connectivity index (χ2v) is 15.9. The van der Waals surface area contributed by atoms with Crippen LogP contribution < -0.4 is 0 Å². The molecule has 0 radical (unpaired) electrons. The Kier molecular flexibility index (Phi) is 30.6. The van der Waals surface area contributed by atoms with Crippen molar-refractivity contribution in [1.82, 2.24) is 0 Å². The Balaban J connectivity index is 2.44. The molecule has 0 aromatic carbocycles. The smallest absolute Gasteiger partial charge is 0.457 e. The predicted octanol–water partition coefficient (Wildman–Crippen LogP) is 7.53. The average molecular weight is 791 g/mol. The van der Waals surface area contributed by atoms with Crippen LogP contribution in [0, 0.1) is 0 Å². The van der Waals surface area contributed by atoms with Gasteiger partial charge < -0.3 is 39.9 Å². The molecule has 0 amide bonds. The molecule has 6 unspecified atom stereocenters. The Bertz CT molecular complexity index is 1040. The first-order chi connectivity index (χ1) is 26.0. The van der Waals surface area contributed by atoms with Crippen molar-refractivity contribution in [2.24, 2.45) is 0 Å². The van der Waals surface area contributed by atoms with Crippen molar-refractivity contribution in [3.8, 4) is 0 Å². The van der Waals surface area contributed by atoms with Gasteiger partial charge in [-0.3, -0.25) is 13.8 Å². The molecule has 0 aliphatic heterocycles. The number of hydrogen-bond donors (Lipinski definition) is 6. The van der Waals surface area contributed by atoms with Crippen molar-refractivity contribution in [3.05, 3.63) is 36.5 Å². The number of carbonyl (C=O) groups is 1. The number of phosphoric acid groups is 1. The summed E-state index contributed by atoms with van der Waals surface area (Å²) in [5.41, 5.74) is 0. The lowest BCUT2D eigenvalue weighted by atomic mass is 9.85. The summed E-state index contributed by atoms with van der Waals surface area (Å²) < 4.78 is 34.0. The molecule has 0 saturated heterocycles. The van der Waals surface area contributed by atoms with E-state index in [2.05, 4.69) is 50.3 Å². The molecule has 6 N–H and O–H groups in total. The minimum Gasteiger partial charge on any atom is -0.457 e. The minimum atomic E-state index is -5.01. The van der Waals surface area contributed by atoms with Gasteiger partial charge in [0.2, 0.25) is 0 Å². The molecule has 12 nitrogen and oxygen atoms in total. The normalized spacial score (nSPS) is 23.8. The molecule has 1 aliphatic carbocycles. The number of hydrogen-bond acceptors (Lipinski definition) is 11. The van der Waals surface area contributed by atoms with Crippen LogP contribution in [-0.4, -0.2) is 98.9 Å². The van der Waals surface area contributed by atoms with Crippen molar-refractivity contribution in [2.75, 3.05) is 19.8 Å². The lowest BCUT2D eigenvalue weighted by Crippen LogP contribution is -2.64. The van der Waals surface area contributed by atoms with Crippen LogP contribution in [0.2, 0.25) is 0 Å². The SMILES string of the molecule is CC/C=C\C/C=C\C/C=C\CCCCCCCCOCC(COP(=O)(O)OC1C(O)C(O)C(O)C(O)C1O)OC(=O)CCCCCCCCCCCCC. The molecule has 0 heterocycles. The number of esters is 1. The van der Waals surface area contributed by atoms with E-state index in [1.54, 1.807) is 0 Å². The van der Waals surface area contributed by atoms with E-state index >= 15 is 0 Å². The number of aliphatic hydroxyl groups is 5. The Morgan fingerprint density at radius 3 is 1.67 bits per heavy atom. The van der Waals surface area contributed by atoms with E-state index in [0.717, 1.165) is 83.5 Å². The van der Waals surface area contributed by atoms with Gasteiger partial charge in [0, 0.05) is 13.0 Å². The van der Waals surface area contributed by atoms with Gasteiger partial charge in [0.25, 0.3) is 0 Å². The van der Waals surface area contributed by atoms with Gasteiger partial charge in [-0.25, -0.2) is 4.57 Å². The predicted molar refractivity (Wildman–Crippen MR) is 212 cm³/mol. The molecule has 1 rings (SSSR count). The zero-order valence-corrected chi connectivity index (χ0v) is 34.2. The molecule has 6 atom stereocenters. The molecular weight excluding hydrogens is 715 g/mol. The van der Waals surface area contributed by atoms with Crippen molar-refractivity contribution in [1.29, 1.82) is 0 Å². The van der Waals surface area contributed by atoms with Crippen molar-refractivity contribution in [2.45, 2.75) is 198 Å². The number of carbonyl (C=O) groups excluding carboxylic acids is 1. The van der Waals surface area contributed by atoms with E-state index < -0.39 is 63.1 Å². The van der Waals surface area contributed by atoms with Crippen molar-refractivity contribution < 1.29 is 58.3 Å². The van der Waals surface area contributed by atoms with E-state index in [1.807, 2.05) is 0 Å². The van der Waals surface area contributed by atoms with Gasteiger partial charge in [0.1, 0.15) is 42.7 Å². The van der Waals surface area contributed by atoms with Crippen LogP contribution in [0.25, 0.3) is 0 Å². The summed E-state index contributed by atoms with van der Waals surface area (Å²) in [7, 11) is -5.01. The van der Waals surface area contributed by atoms with Gasteiger partial charge in [-0.15, -0.1) is 0 Å². The first-order valence-electron chi connectivity index (χ1n) is 20.8. The Morgan fingerprint density at radius 2 is 1.09 bits per heavy atom. The molecule has 1 saturated carbocycles. The molecule has 316 valence electrons. The van der Waals surface area contributed by atoms with Crippen LogP contribution in [-0.2, 0) is 27.9 Å². The van der Waals surface area contributed by atoms with E-state index in [4.69, 9.17) is 18.5 Å². The Hall–Kier alpha value is -1.44. The minimum absolute atomic E-state index is 0.0841. The van der Waals surface area contributed by atoms with Gasteiger partial charge >= 0.3 is 13.8 Å². The van der Waals surface area contributed by atoms with E-state index in [1.165, 1.54) is 44.9 Å². The van der Waals surface area contributed by atoms with Gasteiger partial charge in [0.05, 0.1) is 13.2 Å². The molecule has 0 aromatic heterocycles. The quantitative estimate of drug-likeness (QED) is 0.0163. The maximum absolute atomic E-state index is 12.8. The number of phosphoric ester groups is 1. The Morgan fingerprint density at radius 1 is 0.611 bits per heavy atom. The summed E-state index contributed by atoms with van der Waals surface area (Å²) in [6, 6.07) is 0. The summed E-state index contributed by atoms with van der Waals surface area (Å²) in [4.78, 5) is 23.0. The standard InChI is InChI=1S/C41H75O12P/c1-3-5-7-9-11-13-15-16-17-18-19-21-23-25-27-29-31-50-32-34(52-35(42)30-28-26-24-22-20-14-12-10-8-6-4-2)33-51-54(48,49)53-41-39(46)37(44)36(43)38(45)40(41)47/h5,7,11,13,16-17,34,36-41,43-47H,3-4,6,8-10,12,14-15,18-33H2,1-2H3,(H,48,49)/b7-5-,13-11-,17-16-. The summed E-state index contributed by atoms with van der Waals surface area (Å²) in [6.07, 6.45) is 23.6. The van der Waals surface area contributed by atoms with Gasteiger partial charge in [-0.1, -0.05) is 140 Å². The molecule has 1 aliphatic rings. The van der Waals surface area contributed by atoms with Crippen molar-refractivity contribution in [3.63, 3.8) is 0 Å². The second-order valence-electron chi connectivity index (χ2n) is 14.5. The third kappa shape index (κ3) is 24.9. The van der Waals surface area contributed by atoms with Crippen LogP contribution in [0.4, 0.5) is 0 Å². The number of unbranched alkanes of at least 4 members (excludes halogenated alkanes) is 16. The lowest BCUT2D eigenvalue weighted by molar-refractivity contribution is -0.220. The van der Waals surface area contributed by atoms with Gasteiger partial charge in [-0.2, -0.15) is 0 Å². The van der Waals surface area contributed by atoms with Crippen LogP contribution in [0.3, 0.4) is 0 Å². The lowest BCUT2D eigenvalue weighted by Gasteiger charge is -2.41. The molecular formula is C41H75O12P. The monoisotopic (exact) mass is 790 g/mol.